The van der Waals surface area contributed by atoms with Crippen molar-refractivity contribution in [3.8, 4) is 0 Å². The summed E-state index contributed by atoms with van der Waals surface area (Å²) in [5.41, 5.74) is 0. The SMILES string of the molecule is CC(CC(=O)N1CCCN(C)CC1)C1CCNCC1.Cl. The van der Waals surface area contributed by atoms with Gasteiger partial charge in [0.15, 0.2) is 0 Å². The molecule has 0 aromatic rings. The Balaban J connectivity index is 0.00000200. The van der Waals surface area contributed by atoms with Crippen LogP contribution >= 0.6 is 12.4 Å². The maximum absolute atomic E-state index is 12.4. The maximum Gasteiger partial charge on any atom is 0.222 e. The minimum Gasteiger partial charge on any atom is -0.341 e. The van der Waals surface area contributed by atoms with E-state index in [4.69, 9.17) is 0 Å². The van der Waals surface area contributed by atoms with Crippen LogP contribution in [0.2, 0.25) is 0 Å². The molecule has 0 aliphatic carbocycles. The summed E-state index contributed by atoms with van der Waals surface area (Å²) < 4.78 is 0. The number of hydrogen-bond acceptors (Lipinski definition) is 3. The van der Waals surface area contributed by atoms with Crippen LogP contribution in [0, 0.1) is 11.8 Å². The molecule has 20 heavy (non-hydrogen) atoms. The zero-order chi connectivity index (χ0) is 13.7. The molecule has 2 fully saturated rings. The molecule has 1 N–H and O–H groups in total. The van der Waals surface area contributed by atoms with E-state index < -0.39 is 0 Å². The summed E-state index contributed by atoms with van der Waals surface area (Å²) >= 11 is 0. The molecule has 2 heterocycles. The Morgan fingerprint density at radius 2 is 1.90 bits per heavy atom. The molecule has 0 bridgehead atoms. The average Bonchev–Trinajstić information content (AvgIpc) is 2.64. The summed E-state index contributed by atoms with van der Waals surface area (Å²) in [7, 11) is 2.14. The standard InChI is InChI=1S/C15H29N3O.ClH/c1-13(14-4-6-16-7-5-14)12-15(19)18-9-3-8-17(2)10-11-18;/h13-14,16H,3-12H2,1-2H3;1H. The van der Waals surface area contributed by atoms with Gasteiger partial charge < -0.3 is 15.1 Å². The van der Waals surface area contributed by atoms with Crippen LogP contribution < -0.4 is 5.32 Å². The molecule has 2 rings (SSSR count). The number of likely N-dealkylation sites (N-methyl/N-ethyl adjacent to an activating group) is 1. The summed E-state index contributed by atoms with van der Waals surface area (Å²) in [5.74, 6) is 1.65. The number of nitrogens with zero attached hydrogens (tertiary/aromatic N) is 2. The molecule has 0 spiro atoms. The van der Waals surface area contributed by atoms with Crippen molar-refractivity contribution in [3.05, 3.63) is 0 Å². The lowest BCUT2D eigenvalue weighted by atomic mass is 9.84. The van der Waals surface area contributed by atoms with Crippen molar-refractivity contribution in [2.45, 2.75) is 32.6 Å². The number of carbonyl (C=O) groups excluding carboxylic acids is 1. The Bertz CT molecular complexity index is 295. The summed E-state index contributed by atoms with van der Waals surface area (Å²) in [4.78, 5) is 16.8. The Morgan fingerprint density at radius 1 is 1.20 bits per heavy atom. The highest BCUT2D eigenvalue weighted by molar-refractivity contribution is 5.85. The third-order valence-electron chi connectivity index (χ3n) is 4.76. The Hall–Kier alpha value is -0.320. The number of halogens is 1. The smallest absolute Gasteiger partial charge is 0.222 e. The van der Waals surface area contributed by atoms with E-state index >= 15 is 0 Å². The molecular formula is C15H30ClN3O. The third kappa shape index (κ3) is 5.23. The number of hydrogen-bond donors (Lipinski definition) is 1. The van der Waals surface area contributed by atoms with E-state index in [1.807, 2.05) is 0 Å². The normalized spacial score (nSPS) is 23.8. The minimum atomic E-state index is 0. The van der Waals surface area contributed by atoms with Crippen molar-refractivity contribution >= 4 is 18.3 Å². The molecule has 5 heteroatoms. The molecule has 2 saturated heterocycles. The van der Waals surface area contributed by atoms with Crippen molar-refractivity contribution in [2.24, 2.45) is 11.8 Å². The first kappa shape index (κ1) is 17.7. The first-order chi connectivity index (χ1) is 9.16. The molecule has 0 aromatic heterocycles. The molecular weight excluding hydrogens is 274 g/mol. The van der Waals surface area contributed by atoms with Gasteiger partial charge >= 0.3 is 0 Å². The van der Waals surface area contributed by atoms with E-state index in [0.717, 1.165) is 58.0 Å². The van der Waals surface area contributed by atoms with Gasteiger partial charge in [-0.05, 0) is 57.8 Å². The zero-order valence-electron chi connectivity index (χ0n) is 12.9. The van der Waals surface area contributed by atoms with Gasteiger partial charge in [-0.3, -0.25) is 4.79 Å². The quantitative estimate of drug-likeness (QED) is 0.860. The second-order valence-electron chi connectivity index (χ2n) is 6.31. The summed E-state index contributed by atoms with van der Waals surface area (Å²) in [6.45, 7) is 8.50. The fraction of sp³-hybridized carbons (Fsp3) is 0.933. The van der Waals surface area contributed by atoms with E-state index in [2.05, 4.69) is 29.1 Å². The number of rotatable bonds is 3. The number of amides is 1. The predicted molar refractivity (Wildman–Crippen MR) is 85.3 cm³/mol. The molecule has 1 atom stereocenters. The second kappa shape index (κ2) is 8.85. The van der Waals surface area contributed by atoms with E-state index in [9.17, 15) is 4.79 Å². The lowest BCUT2D eigenvalue weighted by Crippen LogP contribution is -2.37. The van der Waals surface area contributed by atoms with Crippen molar-refractivity contribution in [3.63, 3.8) is 0 Å². The topological polar surface area (TPSA) is 35.6 Å². The largest absolute Gasteiger partial charge is 0.341 e. The molecule has 118 valence electrons. The van der Waals surface area contributed by atoms with E-state index in [1.54, 1.807) is 0 Å². The monoisotopic (exact) mass is 303 g/mol. The van der Waals surface area contributed by atoms with Gasteiger partial charge in [-0.1, -0.05) is 6.92 Å². The van der Waals surface area contributed by atoms with Crippen LogP contribution in [-0.4, -0.2) is 62.0 Å². The first-order valence-corrected chi connectivity index (χ1v) is 7.84. The highest BCUT2D eigenvalue weighted by Gasteiger charge is 2.25. The maximum atomic E-state index is 12.4. The third-order valence-corrected chi connectivity index (χ3v) is 4.76. The van der Waals surface area contributed by atoms with E-state index in [-0.39, 0.29) is 12.4 Å². The zero-order valence-corrected chi connectivity index (χ0v) is 13.8. The second-order valence-corrected chi connectivity index (χ2v) is 6.31. The van der Waals surface area contributed by atoms with Crippen LogP contribution in [0.4, 0.5) is 0 Å². The molecule has 4 nitrogen and oxygen atoms in total. The van der Waals surface area contributed by atoms with Crippen molar-refractivity contribution in [1.29, 1.82) is 0 Å². The van der Waals surface area contributed by atoms with Gasteiger partial charge in [-0.2, -0.15) is 0 Å². The summed E-state index contributed by atoms with van der Waals surface area (Å²) in [6.07, 6.45) is 4.33. The van der Waals surface area contributed by atoms with Crippen molar-refractivity contribution < 1.29 is 4.79 Å². The summed E-state index contributed by atoms with van der Waals surface area (Å²) in [5, 5.41) is 3.40. The highest BCUT2D eigenvalue weighted by Crippen LogP contribution is 2.25. The number of carbonyl (C=O) groups is 1. The fourth-order valence-corrected chi connectivity index (χ4v) is 3.28. The average molecular weight is 304 g/mol. The first-order valence-electron chi connectivity index (χ1n) is 7.84. The lowest BCUT2D eigenvalue weighted by molar-refractivity contribution is -0.132. The van der Waals surface area contributed by atoms with Crippen molar-refractivity contribution in [1.82, 2.24) is 15.1 Å². The number of piperidine rings is 1. The predicted octanol–water partition coefficient (Wildman–Crippen LogP) is 1.60. The van der Waals surface area contributed by atoms with E-state index in [1.165, 1.54) is 12.8 Å². The molecule has 0 saturated carbocycles. The van der Waals surface area contributed by atoms with Crippen LogP contribution in [0.25, 0.3) is 0 Å². The Kier molecular flexibility index (Phi) is 7.85. The minimum absolute atomic E-state index is 0. The lowest BCUT2D eigenvalue weighted by Gasteiger charge is -2.29. The van der Waals surface area contributed by atoms with Gasteiger partial charge in [0.2, 0.25) is 5.91 Å². The van der Waals surface area contributed by atoms with E-state index in [0.29, 0.717) is 11.8 Å². The Morgan fingerprint density at radius 3 is 2.60 bits per heavy atom. The molecule has 0 radical (unpaired) electrons. The van der Waals surface area contributed by atoms with Crippen LogP contribution in [0.3, 0.4) is 0 Å². The molecule has 1 unspecified atom stereocenters. The van der Waals surface area contributed by atoms with Crippen LogP contribution in [0.1, 0.15) is 32.6 Å². The Labute approximate surface area is 129 Å². The fourth-order valence-electron chi connectivity index (χ4n) is 3.28. The van der Waals surface area contributed by atoms with Gasteiger partial charge in [0, 0.05) is 26.1 Å². The van der Waals surface area contributed by atoms with Crippen LogP contribution in [-0.2, 0) is 4.79 Å². The molecule has 2 aliphatic heterocycles. The van der Waals surface area contributed by atoms with Crippen LogP contribution in [0.15, 0.2) is 0 Å². The number of nitrogens with one attached hydrogen (secondary N) is 1. The molecule has 1 amide bonds. The highest BCUT2D eigenvalue weighted by atomic mass is 35.5. The van der Waals surface area contributed by atoms with Gasteiger partial charge in [-0.25, -0.2) is 0 Å². The van der Waals surface area contributed by atoms with Crippen LogP contribution in [0.5, 0.6) is 0 Å². The molecule has 2 aliphatic rings. The van der Waals surface area contributed by atoms with Gasteiger partial charge in [0.1, 0.15) is 0 Å². The van der Waals surface area contributed by atoms with Gasteiger partial charge in [0.25, 0.3) is 0 Å². The van der Waals surface area contributed by atoms with Gasteiger partial charge in [-0.15, -0.1) is 12.4 Å². The molecule has 0 aromatic carbocycles. The van der Waals surface area contributed by atoms with Crippen molar-refractivity contribution in [2.75, 3.05) is 46.3 Å². The summed E-state index contributed by atoms with van der Waals surface area (Å²) in [6, 6.07) is 0. The van der Waals surface area contributed by atoms with Gasteiger partial charge in [0.05, 0.1) is 0 Å².